The van der Waals surface area contributed by atoms with Gasteiger partial charge in [-0.3, -0.25) is 4.79 Å². The number of fused-ring (bicyclic) bond motifs is 1. The molecule has 0 fully saturated rings. The first kappa shape index (κ1) is 24.2. The zero-order valence-electron chi connectivity index (χ0n) is 20.3. The average Bonchev–Trinajstić information content (AvgIpc) is 3.28. The number of aromatic nitrogens is 1. The number of para-hydroxylation sites is 2. The van der Waals surface area contributed by atoms with E-state index in [1.165, 1.54) is 0 Å². The first-order valence-corrected chi connectivity index (χ1v) is 11.7. The predicted octanol–water partition coefficient (Wildman–Crippen LogP) is 5.77. The maximum atomic E-state index is 12.4. The molecule has 1 heterocycles. The van der Waals surface area contributed by atoms with Crippen molar-refractivity contribution in [2.24, 2.45) is 0 Å². The van der Waals surface area contributed by atoms with Crippen LogP contribution in [0.3, 0.4) is 0 Å². The van der Waals surface area contributed by atoms with E-state index in [1.807, 2.05) is 66.9 Å². The Hall–Kier alpha value is -3.90. The summed E-state index contributed by atoms with van der Waals surface area (Å²) in [4.78, 5) is 23.1. The first-order chi connectivity index (χ1) is 16.9. The van der Waals surface area contributed by atoms with Crippen molar-refractivity contribution in [3.8, 4) is 22.6 Å². The summed E-state index contributed by atoms with van der Waals surface area (Å²) in [6, 6.07) is 23.1. The molecule has 0 aliphatic heterocycles. The fourth-order valence-electron chi connectivity index (χ4n) is 4.11. The maximum absolute atomic E-state index is 12.4. The minimum Gasteiger partial charge on any atom is -0.491 e. The van der Waals surface area contributed by atoms with Crippen LogP contribution in [-0.2, 0) is 9.53 Å². The van der Waals surface area contributed by atoms with Crippen molar-refractivity contribution in [2.45, 2.75) is 32.7 Å². The van der Waals surface area contributed by atoms with E-state index in [1.54, 1.807) is 12.1 Å². The molecule has 0 radical (unpaired) electrons. The lowest BCUT2D eigenvalue weighted by molar-refractivity contribution is -0.123. The Kier molecular flexibility index (Phi) is 7.32. The van der Waals surface area contributed by atoms with Gasteiger partial charge in [-0.1, -0.05) is 42.5 Å². The zero-order chi connectivity index (χ0) is 24.8. The molecule has 1 aromatic heterocycles. The van der Waals surface area contributed by atoms with Gasteiger partial charge in [-0.2, -0.15) is 0 Å². The SMILES string of the molecule is CC(C)(C)NCCCOc1ccccc1-n1ccc2c(-c3ccccc3C(=O)OC=O)cccc21. The Bertz CT molecular complexity index is 1330. The number of carbonyl (C=O) groups excluding carboxylic acids is 2. The lowest BCUT2D eigenvalue weighted by Gasteiger charge is -2.20. The second kappa shape index (κ2) is 10.6. The van der Waals surface area contributed by atoms with Crippen LogP contribution in [0.4, 0.5) is 0 Å². The molecule has 0 spiro atoms. The number of carbonyl (C=O) groups is 2. The Morgan fingerprint density at radius 3 is 2.49 bits per heavy atom. The predicted molar refractivity (Wildman–Crippen MR) is 138 cm³/mol. The van der Waals surface area contributed by atoms with Crippen molar-refractivity contribution in [3.05, 3.63) is 84.6 Å². The van der Waals surface area contributed by atoms with Crippen LogP contribution in [0.15, 0.2) is 79.0 Å². The molecule has 0 saturated carbocycles. The van der Waals surface area contributed by atoms with Gasteiger partial charge in [0.05, 0.1) is 23.4 Å². The topological polar surface area (TPSA) is 69.6 Å². The van der Waals surface area contributed by atoms with Gasteiger partial charge in [-0.15, -0.1) is 0 Å². The number of nitrogens with one attached hydrogen (secondary N) is 1. The molecule has 0 atom stereocenters. The van der Waals surface area contributed by atoms with Crippen LogP contribution >= 0.6 is 0 Å². The van der Waals surface area contributed by atoms with E-state index >= 15 is 0 Å². The van der Waals surface area contributed by atoms with Crippen LogP contribution in [-0.4, -0.2) is 35.7 Å². The van der Waals surface area contributed by atoms with Crippen LogP contribution in [0.1, 0.15) is 37.6 Å². The molecule has 0 aliphatic carbocycles. The fraction of sp³-hybridized carbons (Fsp3) is 0.241. The van der Waals surface area contributed by atoms with Crippen molar-refractivity contribution in [1.82, 2.24) is 9.88 Å². The van der Waals surface area contributed by atoms with Crippen molar-refractivity contribution in [2.75, 3.05) is 13.2 Å². The number of hydrogen-bond donors (Lipinski definition) is 1. The molecule has 4 rings (SSSR count). The van der Waals surface area contributed by atoms with Gasteiger partial charge in [0.25, 0.3) is 0 Å². The summed E-state index contributed by atoms with van der Waals surface area (Å²) in [5, 5.41) is 4.45. The van der Waals surface area contributed by atoms with Crippen LogP contribution in [0.2, 0.25) is 0 Å². The number of hydrogen-bond acceptors (Lipinski definition) is 5. The second-order valence-corrected chi connectivity index (χ2v) is 9.32. The Morgan fingerprint density at radius 1 is 0.943 bits per heavy atom. The van der Waals surface area contributed by atoms with Crippen molar-refractivity contribution >= 4 is 23.3 Å². The summed E-state index contributed by atoms with van der Waals surface area (Å²) in [6.07, 6.45) is 2.90. The summed E-state index contributed by atoms with van der Waals surface area (Å²) in [6.45, 7) is 8.10. The van der Waals surface area contributed by atoms with Gasteiger partial charge in [0.2, 0.25) is 0 Å². The van der Waals surface area contributed by atoms with E-state index in [0.717, 1.165) is 40.9 Å². The normalized spacial score (nSPS) is 11.4. The molecule has 0 bridgehead atoms. The average molecular weight is 471 g/mol. The van der Waals surface area contributed by atoms with Crippen molar-refractivity contribution < 1.29 is 19.1 Å². The lowest BCUT2D eigenvalue weighted by atomic mass is 9.97. The van der Waals surface area contributed by atoms with E-state index in [2.05, 4.69) is 35.4 Å². The third-order valence-corrected chi connectivity index (χ3v) is 5.68. The molecular weight excluding hydrogens is 440 g/mol. The molecule has 3 aromatic carbocycles. The van der Waals surface area contributed by atoms with E-state index in [-0.39, 0.29) is 12.0 Å². The smallest absolute Gasteiger partial charge is 0.346 e. The molecule has 35 heavy (non-hydrogen) atoms. The third-order valence-electron chi connectivity index (χ3n) is 5.68. The van der Waals surface area contributed by atoms with Gasteiger partial charge in [0.15, 0.2) is 0 Å². The van der Waals surface area contributed by atoms with E-state index in [9.17, 15) is 9.59 Å². The van der Waals surface area contributed by atoms with Crippen molar-refractivity contribution in [3.63, 3.8) is 0 Å². The summed E-state index contributed by atoms with van der Waals surface area (Å²) in [5.41, 5.74) is 3.93. The monoisotopic (exact) mass is 470 g/mol. The largest absolute Gasteiger partial charge is 0.491 e. The van der Waals surface area contributed by atoms with E-state index < -0.39 is 5.97 Å². The highest BCUT2D eigenvalue weighted by atomic mass is 16.6. The van der Waals surface area contributed by atoms with Gasteiger partial charge >= 0.3 is 12.4 Å². The van der Waals surface area contributed by atoms with Crippen molar-refractivity contribution in [1.29, 1.82) is 0 Å². The van der Waals surface area contributed by atoms with Crippen LogP contribution < -0.4 is 10.1 Å². The summed E-state index contributed by atoms with van der Waals surface area (Å²) < 4.78 is 12.9. The molecule has 180 valence electrons. The Labute approximate surface area is 205 Å². The highest BCUT2D eigenvalue weighted by Gasteiger charge is 2.17. The molecule has 0 saturated heterocycles. The number of ether oxygens (including phenoxy) is 2. The zero-order valence-corrected chi connectivity index (χ0v) is 20.3. The molecule has 4 aromatic rings. The van der Waals surface area contributed by atoms with Gasteiger partial charge in [0.1, 0.15) is 5.75 Å². The molecule has 1 N–H and O–H groups in total. The van der Waals surface area contributed by atoms with Gasteiger partial charge in [-0.25, -0.2) is 4.79 Å². The van der Waals surface area contributed by atoms with E-state index in [4.69, 9.17) is 4.74 Å². The number of benzene rings is 3. The minimum absolute atomic E-state index is 0.0856. The number of nitrogens with zero attached hydrogens (tertiary/aromatic N) is 1. The van der Waals surface area contributed by atoms with Crippen LogP contribution in [0, 0.1) is 0 Å². The van der Waals surface area contributed by atoms with Gasteiger partial charge in [-0.05, 0) is 75.2 Å². The lowest BCUT2D eigenvalue weighted by Crippen LogP contribution is -2.36. The third kappa shape index (κ3) is 5.61. The molecular formula is C29H30N2O4. The molecule has 0 amide bonds. The highest BCUT2D eigenvalue weighted by molar-refractivity contribution is 6.05. The van der Waals surface area contributed by atoms with Crippen LogP contribution in [0.5, 0.6) is 5.75 Å². The quantitative estimate of drug-likeness (QED) is 0.146. The molecule has 0 aliphatic rings. The van der Waals surface area contributed by atoms with E-state index in [0.29, 0.717) is 17.7 Å². The minimum atomic E-state index is -0.674. The Morgan fingerprint density at radius 2 is 1.69 bits per heavy atom. The summed E-state index contributed by atoms with van der Waals surface area (Å²) in [7, 11) is 0. The number of esters is 1. The maximum Gasteiger partial charge on any atom is 0.346 e. The Balaban J connectivity index is 1.66. The summed E-state index contributed by atoms with van der Waals surface area (Å²) >= 11 is 0. The highest BCUT2D eigenvalue weighted by Crippen LogP contribution is 2.35. The van der Waals surface area contributed by atoms with Gasteiger partial charge in [0, 0.05) is 17.1 Å². The van der Waals surface area contributed by atoms with Crippen LogP contribution in [0.25, 0.3) is 27.7 Å². The molecule has 6 heteroatoms. The number of rotatable bonds is 9. The van der Waals surface area contributed by atoms with Gasteiger partial charge < -0.3 is 19.4 Å². The second-order valence-electron chi connectivity index (χ2n) is 9.32. The molecule has 0 unspecified atom stereocenters. The first-order valence-electron chi connectivity index (χ1n) is 11.7. The standard InChI is InChI=1S/C29H30N2O4/c1-29(2,3)30-17-9-19-34-27-15-7-6-13-26(27)31-18-16-23-21(12-8-14-25(23)31)22-10-4-5-11-24(22)28(33)35-20-32/h4-8,10-16,18,20,30H,9,17,19H2,1-3H3. The fourth-order valence-corrected chi connectivity index (χ4v) is 4.11. The molecule has 6 nitrogen and oxygen atoms in total. The summed E-state index contributed by atoms with van der Waals surface area (Å²) in [5.74, 6) is 0.132.